The van der Waals surface area contributed by atoms with E-state index in [1.54, 1.807) is 0 Å². The van der Waals surface area contributed by atoms with Crippen LogP contribution in [0.1, 0.15) is 105 Å². The minimum absolute atomic E-state index is 0.0423. The lowest BCUT2D eigenvalue weighted by Crippen LogP contribution is -2.59. The molecule has 0 amide bonds. The summed E-state index contributed by atoms with van der Waals surface area (Å²) in [5.41, 5.74) is 23.9. The van der Waals surface area contributed by atoms with Crippen LogP contribution in [0.5, 0.6) is 11.5 Å². The van der Waals surface area contributed by atoms with Crippen LogP contribution in [-0.4, -0.2) is 6.71 Å². The zero-order valence-corrected chi connectivity index (χ0v) is 53.7. The molecule has 426 valence electrons. The molecule has 13 aromatic rings. The van der Waals surface area contributed by atoms with Crippen molar-refractivity contribution in [3.63, 3.8) is 0 Å². The number of rotatable bonds is 6. The predicted octanol–water partition coefficient (Wildman–Crippen LogP) is 22.4. The molecule has 2 aliphatic heterocycles. The fourth-order valence-corrected chi connectivity index (χ4v) is 15.8. The van der Waals surface area contributed by atoms with Gasteiger partial charge in [-0.15, -0.1) is 22.7 Å². The molecule has 0 radical (unpaired) electrons. The van der Waals surface area contributed by atoms with Crippen LogP contribution < -0.4 is 26.0 Å². The molecule has 2 aliphatic rings. The summed E-state index contributed by atoms with van der Waals surface area (Å²) in [6.45, 7) is 27.9. The Labute approximate surface area is 521 Å². The Kier molecular flexibility index (Phi) is 12.7. The number of anilines is 3. The van der Waals surface area contributed by atoms with Crippen LogP contribution in [0.3, 0.4) is 0 Å². The molecule has 5 heteroatoms. The molecule has 0 fully saturated rings. The van der Waals surface area contributed by atoms with E-state index in [2.05, 4.69) is 306 Å². The van der Waals surface area contributed by atoms with Gasteiger partial charge >= 0.3 is 0 Å². The van der Waals surface area contributed by atoms with Crippen molar-refractivity contribution < 1.29 is 4.74 Å². The number of hydrogen-bond donors (Lipinski definition) is 0. The van der Waals surface area contributed by atoms with Gasteiger partial charge in [0.2, 0.25) is 0 Å². The van der Waals surface area contributed by atoms with E-state index in [1.165, 1.54) is 112 Å². The topological polar surface area (TPSA) is 12.5 Å². The van der Waals surface area contributed by atoms with Gasteiger partial charge in [-0.1, -0.05) is 253 Å². The summed E-state index contributed by atoms with van der Waals surface area (Å²) in [7, 11) is 0. The highest BCUT2D eigenvalue weighted by atomic mass is 32.1. The van der Waals surface area contributed by atoms with Gasteiger partial charge in [0.15, 0.2) is 0 Å². The van der Waals surface area contributed by atoms with Crippen molar-refractivity contribution in [2.24, 2.45) is 0 Å². The van der Waals surface area contributed by atoms with E-state index in [4.69, 9.17) is 4.74 Å². The standard InChI is InChI=1S/C82H72BNOS2/c1-79(2,3)57-37-54(38-58(47-57)80(4,5)6)50-31-35-69-67(41-50)83-68-42-51(55-39-59(81(7,8)9)48-60(40-55)82(10,11)12)32-36-71(68)85-72-44-56(49-21-14-13-15-22-49)43-70(77(72)83)84(69)78-61(52-29-33-65-63-23-16-18-27-73(63)86-75(65)45-52)25-20-26-62(78)53-30-34-66-64-24-17-19-28-74(64)87-76(66)46-53/h13-48H,1-12H3. The molecule has 0 saturated heterocycles. The average Bonchev–Trinajstić information content (AvgIpc) is 1.20. The lowest BCUT2D eigenvalue weighted by atomic mass is 9.34. The van der Waals surface area contributed by atoms with E-state index in [0.717, 1.165) is 50.8 Å². The smallest absolute Gasteiger partial charge is 0.256 e. The number of fused-ring (bicyclic) bond motifs is 10. The third-order valence-electron chi connectivity index (χ3n) is 18.5. The minimum Gasteiger partial charge on any atom is -0.458 e. The number of ether oxygens (including phenoxy) is 1. The largest absolute Gasteiger partial charge is 0.458 e. The molecule has 0 aliphatic carbocycles. The maximum atomic E-state index is 7.51. The Morgan fingerprint density at radius 2 is 0.759 bits per heavy atom. The summed E-state index contributed by atoms with van der Waals surface area (Å²) >= 11 is 3.75. The molecular formula is C82H72BNOS2. The highest BCUT2D eigenvalue weighted by molar-refractivity contribution is 7.26. The zero-order valence-electron chi connectivity index (χ0n) is 52.0. The highest BCUT2D eigenvalue weighted by Crippen LogP contribution is 2.52. The van der Waals surface area contributed by atoms with Gasteiger partial charge in [-0.2, -0.15) is 0 Å². The number of benzene rings is 11. The van der Waals surface area contributed by atoms with Crippen molar-refractivity contribution in [2.75, 3.05) is 4.90 Å². The molecule has 0 spiro atoms. The Morgan fingerprint density at radius 3 is 1.28 bits per heavy atom. The van der Waals surface area contributed by atoms with Crippen molar-refractivity contribution in [3.8, 4) is 67.1 Å². The van der Waals surface area contributed by atoms with Gasteiger partial charge < -0.3 is 9.64 Å². The molecular weight excluding hydrogens is 1090 g/mol. The summed E-state index contributed by atoms with van der Waals surface area (Å²) in [6.07, 6.45) is 0. The van der Waals surface area contributed by atoms with Crippen molar-refractivity contribution in [2.45, 2.75) is 105 Å². The second-order valence-corrected chi connectivity index (χ2v) is 30.8. The molecule has 0 saturated carbocycles. The molecule has 2 aromatic heterocycles. The van der Waals surface area contributed by atoms with E-state index in [1.807, 2.05) is 22.7 Å². The van der Waals surface area contributed by atoms with Crippen molar-refractivity contribution in [1.29, 1.82) is 0 Å². The second kappa shape index (κ2) is 20.0. The second-order valence-electron chi connectivity index (χ2n) is 28.6. The summed E-state index contributed by atoms with van der Waals surface area (Å²) in [5, 5.41) is 5.17. The zero-order chi connectivity index (χ0) is 60.1. The Balaban J connectivity index is 1.05. The first-order chi connectivity index (χ1) is 41.6. The van der Waals surface area contributed by atoms with Crippen LogP contribution in [-0.2, 0) is 21.7 Å². The Bertz CT molecular complexity index is 4760. The molecule has 4 heterocycles. The molecule has 0 atom stereocenters. The van der Waals surface area contributed by atoms with Gasteiger partial charge in [-0.05, 0) is 153 Å². The molecule has 0 bridgehead atoms. The number of para-hydroxylation sites is 1. The predicted molar refractivity (Wildman–Crippen MR) is 380 cm³/mol. The monoisotopic (exact) mass is 1160 g/mol. The summed E-state index contributed by atoms with van der Waals surface area (Å²) in [4.78, 5) is 2.64. The van der Waals surface area contributed by atoms with Crippen molar-refractivity contribution in [3.05, 3.63) is 241 Å². The van der Waals surface area contributed by atoms with E-state index in [-0.39, 0.29) is 28.4 Å². The number of nitrogens with zero attached hydrogens (tertiary/aromatic N) is 1. The van der Waals surface area contributed by atoms with Crippen LogP contribution in [0, 0.1) is 0 Å². The molecule has 0 N–H and O–H groups in total. The van der Waals surface area contributed by atoms with E-state index < -0.39 is 0 Å². The van der Waals surface area contributed by atoms with Gasteiger partial charge in [0.1, 0.15) is 11.5 Å². The first-order valence-corrected chi connectivity index (χ1v) is 32.5. The maximum Gasteiger partial charge on any atom is 0.256 e. The summed E-state index contributed by atoms with van der Waals surface area (Å²) < 4.78 is 12.7. The quantitative estimate of drug-likeness (QED) is 0.154. The molecule has 15 rings (SSSR count). The van der Waals surface area contributed by atoms with Crippen LogP contribution in [0.15, 0.2) is 218 Å². The SMILES string of the molecule is CC(C)(C)c1cc(-c2ccc3c(c2)B2c4cc(-c5cc(C(C)(C)C)cc(C(C)(C)C)c5)ccc4N(c4c(-c5ccc6c(c5)sc5ccccc56)cccc4-c4ccc5c(c4)sc4ccccc45)c4cc(-c5ccccc5)cc(c42)O3)cc(C(C)(C)C)c1. The fraction of sp³-hybridized carbons (Fsp3) is 0.195. The van der Waals surface area contributed by atoms with E-state index in [0.29, 0.717) is 0 Å². The first-order valence-electron chi connectivity index (χ1n) is 30.9. The molecule has 87 heavy (non-hydrogen) atoms. The lowest BCUT2D eigenvalue weighted by molar-refractivity contribution is 0.488. The van der Waals surface area contributed by atoms with E-state index >= 15 is 0 Å². The van der Waals surface area contributed by atoms with Crippen LogP contribution in [0.25, 0.3) is 96.0 Å². The minimum atomic E-state index is -0.184. The van der Waals surface area contributed by atoms with Gasteiger partial charge in [-0.3, -0.25) is 0 Å². The van der Waals surface area contributed by atoms with Crippen molar-refractivity contribution >= 4 is 103 Å². The van der Waals surface area contributed by atoms with Gasteiger partial charge in [0.05, 0.1) is 5.69 Å². The average molecular weight is 1160 g/mol. The van der Waals surface area contributed by atoms with Crippen LogP contribution in [0.4, 0.5) is 17.1 Å². The number of hydrogen-bond acceptors (Lipinski definition) is 4. The maximum absolute atomic E-state index is 7.51. The van der Waals surface area contributed by atoms with Gasteiger partial charge in [0, 0.05) is 62.8 Å². The third kappa shape index (κ3) is 9.52. The summed E-state index contributed by atoms with van der Waals surface area (Å²) in [5.74, 6) is 1.77. The van der Waals surface area contributed by atoms with E-state index in [9.17, 15) is 0 Å². The molecule has 0 unspecified atom stereocenters. The first kappa shape index (κ1) is 55.1. The van der Waals surface area contributed by atoms with Crippen LogP contribution >= 0.6 is 22.7 Å². The van der Waals surface area contributed by atoms with Crippen LogP contribution in [0.2, 0.25) is 0 Å². The lowest BCUT2D eigenvalue weighted by Gasteiger charge is -2.42. The molecule has 2 nitrogen and oxygen atoms in total. The number of thiophene rings is 2. The van der Waals surface area contributed by atoms with Crippen molar-refractivity contribution in [1.82, 2.24) is 0 Å². The fourth-order valence-electron chi connectivity index (χ4n) is 13.5. The Hall–Kier alpha value is -8.48. The van der Waals surface area contributed by atoms with Gasteiger partial charge in [-0.25, -0.2) is 0 Å². The molecule has 11 aromatic carbocycles. The summed E-state index contributed by atoms with van der Waals surface area (Å²) in [6, 6.07) is 83.7. The Morgan fingerprint density at radius 1 is 0.310 bits per heavy atom. The highest BCUT2D eigenvalue weighted by Gasteiger charge is 2.44. The normalized spacial score (nSPS) is 13.3. The van der Waals surface area contributed by atoms with Gasteiger partial charge in [0.25, 0.3) is 6.71 Å². The third-order valence-corrected chi connectivity index (χ3v) is 20.8.